The number of carbonyl (C=O) groups excluding carboxylic acids is 7. The second-order valence-electron chi connectivity index (χ2n) is 18.4. The van der Waals surface area contributed by atoms with Crippen LogP contribution in [0.25, 0.3) is 0 Å². The van der Waals surface area contributed by atoms with E-state index in [1.165, 1.54) is 0 Å². The molecule has 0 bridgehead atoms. The van der Waals surface area contributed by atoms with Crippen LogP contribution in [-0.2, 0) is 28.4 Å². The molecule has 0 saturated carbocycles. The zero-order valence-electron chi connectivity index (χ0n) is 43.8. The van der Waals surface area contributed by atoms with Crippen LogP contribution in [0.3, 0.4) is 0 Å². The van der Waals surface area contributed by atoms with Gasteiger partial charge in [-0.05, 0) is 84.9 Å². The molecule has 1 fully saturated rings. The van der Waals surface area contributed by atoms with Crippen molar-refractivity contribution in [2.45, 2.75) is 30.7 Å². The van der Waals surface area contributed by atoms with E-state index in [4.69, 9.17) is 37.9 Å². The summed E-state index contributed by atoms with van der Waals surface area (Å²) in [5.41, 5.74) is -6.28. The van der Waals surface area contributed by atoms with Crippen LogP contribution in [-0.4, -0.2) is 176 Å². The highest BCUT2D eigenvalue weighted by Crippen LogP contribution is 2.45. The lowest BCUT2D eigenvalue weighted by molar-refractivity contribution is -0.282. The molecular weight excluding hydrogens is 1200 g/mol. The summed E-state index contributed by atoms with van der Waals surface area (Å²) < 4.78 is 44.3. The quantitative estimate of drug-likeness (QED) is 0.0304. The summed E-state index contributed by atoms with van der Waals surface area (Å²) in [6, 6.07) is 6.82. The summed E-state index contributed by atoms with van der Waals surface area (Å²) in [5.74, 6) is -37.0. The molecule has 34 heteroatoms. The lowest BCUT2D eigenvalue weighted by Crippen LogP contribution is -2.63. The first-order chi connectivity index (χ1) is 41.8. The molecule has 1 aliphatic heterocycles. The summed E-state index contributed by atoms with van der Waals surface area (Å²) in [5, 5.41) is 194. The Morgan fingerprint density at radius 1 is 0.281 bits per heavy atom. The van der Waals surface area contributed by atoms with Crippen LogP contribution >= 0.6 is 0 Å². The fourth-order valence-corrected chi connectivity index (χ4v) is 8.00. The minimum Gasteiger partial charge on any atom is -0.504 e. The third-order valence-corrected chi connectivity index (χ3v) is 12.4. The Kier molecular flexibility index (Phi) is 16.9. The first-order valence-electron chi connectivity index (χ1n) is 24.3. The minimum absolute atomic E-state index is 0.402. The van der Waals surface area contributed by atoms with E-state index in [0.717, 1.165) is 0 Å². The number of phenolic OH excluding ortho intramolecular Hbond substituents is 19. The van der Waals surface area contributed by atoms with Crippen molar-refractivity contribution >= 4 is 41.8 Å². The molecule has 0 aromatic heterocycles. The van der Waals surface area contributed by atoms with Crippen molar-refractivity contribution in [3.05, 3.63) is 124 Å². The highest BCUT2D eigenvalue weighted by molar-refractivity contribution is 5.98. The Bertz CT molecular complexity index is 3860. The fourth-order valence-electron chi connectivity index (χ4n) is 8.00. The van der Waals surface area contributed by atoms with Crippen LogP contribution in [0, 0.1) is 0 Å². The van der Waals surface area contributed by atoms with Crippen LogP contribution in [0.4, 0.5) is 0 Å². The molecule has 19 N–H and O–H groups in total. The molecule has 464 valence electrons. The monoisotopic (exact) mass is 1240 g/mol. The number of esters is 7. The largest absolute Gasteiger partial charge is 0.504 e. The first kappa shape index (κ1) is 62.0. The molecule has 1 heterocycles. The predicted octanol–water partition coefficient (Wildman–Crippen LogP) is 2.95. The van der Waals surface area contributed by atoms with E-state index in [1.807, 2.05) is 0 Å². The molecule has 0 aliphatic carbocycles. The first-order valence-corrected chi connectivity index (χ1v) is 24.3. The second-order valence-corrected chi connectivity index (χ2v) is 18.4. The Morgan fingerprint density at radius 2 is 0.517 bits per heavy atom. The minimum atomic E-state index is -2.82. The van der Waals surface area contributed by atoms with Crippen LogP contribution in [0.5, 0.6) is 121 Å². The van der Waals surface area contributed by atoms with E-state index in [0.29, 0.717) is 84.9 Å². The standard InChI is InChI=1S/C55H40O34/c56-23-1-16(2-24(57)38(23)68)48(75)82-15-37-45(86-51(78)19-7-29(62)41(71)30(63)8-19)46(47(88-52(79)20-9-31(64)42(72)32(65)10-20)55(85-37)89-54(81)21-11-33(66)43(73)34(67)12-21)87-53(80)22-13-35(83-49(76)17-3-25(58)39(69)26(59)4-17)44(74)36(14-22)84-50(77)18-5-27(60)40(70)28(61)6-18/h1-14,37,45-47,55-74H,15H2/t37-,45+,46+,47-,55+/m0/s1. The van der Waals surface area contributed by atoms with Gasteiger partial charge in [0.15, 0.2) is 127 Å². The number of benzene rings is 7. The molecule has 34 nitrogen and oxygen atoms in total. The van der Waals surface area contributed by atoms with Gasteiger partial charge in [-0.25, -0.2) is 33.6 Å². The van der Waals surface area contributed by atoms with Crippen LogP contribution < -0.4 is 9.47 Å². The van der Waals surface area contributed by atoms with E-state index in [-0.39, 0.29) is 0 Å². The number of hydrogen-bond donors (Lipinski definition) is 19. The molecule has 7 aromatic carbocycles. The molecule has 5 atom stereocenters. The molecule has 89 heavy (non-hydrogen) atoms. The molecule has 1 aliphatic rings. The number of hydrogen-bond acceptors (Lipinski definition) is 34. The summed E-state index contributed by atoms with van der Waals surface area (Å²) in [7, 11) is 0. The smallest absolute Gasteiger partial charge is 0.343 e. The zero-order valence-corrected chi connectivity index (χ0v) is 43.8. The van der Waals surface area contributed by atoms with Crippen molar-refractivity contribution in [3.63, 3.8) is 0 Å². The van der Waals surface area contributed by atoms with Crippen molar-refractivity contribution in [1.29, 1.82) is 0 Å². The Labute approximate surface area is 491 Å². The Balaban J connectivity index is 1.32. The average Bonchev–Trinajstić information content (AvgIpc) is 1.38. The van der Waals surface area contributed by atoms with Crippen molar-refractivity contribution in [3.8, 4) is 121 Å². The molecule has 1 saturated heterocycles. The van der Waals surface area contributed by atoms with Gasteiger partial charge in [0, 0.05) is 0 Å². The van der Waals surface area contributed by atoms with Crippen LogP contribution in [0.15, 0.2) is 84.9 Å². The topological polar surface area (TPSA) is 578 Å². The van der Waals surface area contributed by atoms with Crippen molar-refractivity contribution in [1.82, 2.24) is 0 Å². The normalized spacial score (nSPS) is 16.0. The molecule has 8 rings (SSSR count). The molecule has 0 radical (unpaired) electrons. The van der Waals surface area contributed by atoms with Gasteiger partial charge in [0.1, 0.15) is 12.7 Å². The number of rotatable bonds is 15. The Hall–Kier alpha value is -13.0. The van der Waals surface area contributed by atoms with E-state index >= 15 is 4.79 Å². The number of phenols is 19. The predicted molar refractivity (Wildman–Crippen MR) is 279 cm³/mol. The number of ether oxygens (including phenoxy) is 8. The van der Waals surface area contributed by atoms with Gasteiger partial charge in [-0.3, -0.25) is 0 Å². The molecule has 0 amide bonds. The molecule has 0 spiro atoms. The summed E-state index contributed by atoms with van der Waals surface area (Å²) in [6.07, 6.45) is -13.4. The third-order valence-electron chi connectivity index (χ3n) is 12.4. The lowest BCUT2D eigenvalue weighted by atomic mass is 9.97. The average molecular weight is 1240 g/mol. The van der Waals surface area contributed by atoms with Crippen molar-refractivity contribution < 1.29 is 168 Å². The SMILES string of the molecule is O=C(OC[C@@H]1O[C@H](OC(=O)c2cc(O)c(O)c(O)c2)[C@@H](OC(=O)c2cc(O)c(O)c(O)c2)[C@H](OC(=O)c2cc(OC(=O)c3cc(O)c(O)c(O)c3)c(O)c(OC(=O)c3cc(O)c(O)c(O)c3)c2)[C@@H]1OC(=O)c1cc(O)c(O)c(O)c1)c1cc(O)c(O)c(O)c1. The molecule has 0 unspecified atom stereocenters. The van der Waals surface area contributed by atoms with Crippen LogP contribution in [0.2, 0.25) is 0 Å². The van der Waals surface area contributed by atoms with E-state index in [9.17, 15) is 126 Å². The maximum Gasteiger partial charge on any atom is 0.343 e. The summed E-state index contributed by atoms with van der Waals surface area (Å²) in [4.78, 5) is 98.3. The maximum absolute atomic E-state index is 15.0. The summed E-state index contributed by atoms with van der Waals surface area (Å²) in [6.45, 7) is -1.42. The van der Waals surface area contributed by atoms with Gasteiger partial charge in [-0.2, -0.15) is 0 Å². The van der Waals surface area contributed by atoms with Gasteiger partial charge < -0.3 is 135 Å². The molecular formula is C55H40O34. The van der Waals surface area contributed by atoms with Gasteiger partial charge in [0.05, 0.1) is 38.9 Å². The highest BCUT2D eigenvalue weighted by Gasteiger charge is 2.55. The lowest BCUT2D eigenvalue weighted by Gasteiger charge is -2.43. The fraction of sp³-hybridized carbons (Fsp3) is 0.109. The summed E-state index contributed by atoms with van der Waals surface area (Å²) >= 11 is 0. The highest BCUT2D eigenvalue weighted by atomic mass is 16.7. The van der Waals surface area contributed by atoms with Gasteiger partial charge in [-0.15, -0.1) is 0 Å². The van der Waals surface area contributed by atoms with Crippen molar-refractivity contribution in [2.24, 2.45) is 0 Å². The Morgan fingerprint density at radius 3 is 0.820 bits per heavy atom. The van der Waals surface area contributed by atoms with Gasteiger partial charge >= 0.3 is 41.8 Å². The van der Waals surface area contributed by atoms with Gasteiger partial charge in [-0.1, -0.05) is 0 Å². The van der Waals surface area contributed by atoms with E-state index in [2.05, 4.69) is 0 Å². The number of aromatic hydroxyl groups is 19. The number of carbonyl (C=O) groups is 7. The van der Waals surface area contributed by atoms with Crippen molar-refractivity contribution in [2.75, 3.05) is 6.61 Å². The van der Waals surface area contributed by atoms with Crippen LogP contribution in [0.1, 0.15) is 72.5 Å². The third kappa shape index (κ3) is 12.9. The second kappa shape index (κ2) is 24.3. The van der Waals surface area contributed by atoms with E-state index < -0.39 is 239 Å². The molecule has 7 aromatic rings. The van der Waals surface area contributed by atoms with Gasteiger partial charge in [0.2, 0.25) is 18.1 Å². The maximum atomic E-state index is 15.0. The van der Waals surface area contributed by atoms with E-state index in [1.54, 1.807) is 0 Å². The van der Waals surface area contributed by atoms with Gasteiger partial charge in [0.25, 0.3) is 0 Å². The zero-order chi connectivity index (χ0) is 65.4.